The second-order valence-corrected chi connectivity index (χ2v) is 7.23. The number of rotatable bonds is 4. The van der Waals surface area contributed by atoms with Crippen molar-refractivity contribution in [2.75, 3.05) is 31.1 Å². The maximum atomic E-state index is 12.7. The number of anilines is 1. The Labute approximate surface area is 168 Å². The smallest absolute Gasteiger partial charge is 0.354 e. The fourth-order valence-electron chi connectivity index (χ4n) is 3.57. The fourth-order valence-corrected chi connectivity index (χ4v) is 3.57. The number of nitrogens with zero attached hydrogens (tertiary/aromatic N) is 3. The molecule has 3 aromatic rings. The van der Waals surface area contributed by atoms with E-state index in [4.69, 9.17) is 0 Å². The fraction of sp³-hybridized carbons (Fsp3) is 0.261. The SMILES string of the molecule is FC(F)(F)c1ccc(N2CCN(Cc3ccc(-c4ccccc4)cc3)CC2)nc1. The van der Waals surface area contributed by atoms with Gasteiger partial charge in [0.05, 0.1) is 5.56 Å². The Balaban J connectivity index is 1.32. The summed E-state index contributed by atoms with van der Waals surface area (Å²) in [6.07, 6.45) is -3.43. The van der Waals surface area contributed by atoms with Crippen molar-refractivity contribution >= 4 is 5.82 Å². The van der Waals surface area contributed by atoms with Crippen molar-refractivity contribution in [3.8, 4) is 11.1 Å². The zero-order valence-corrected chi connectivity index (χ0v) is 15.9. The molecule has 1 aromatic heterocycles. The van der Waals surface area contributed by atoms with Gasteiger partial charge in [-0.05, 0) is 28.8 Å². The second-order valence-electron chi connectivity index (χ2n) is 7.23. The Hall–Kier alpha value is -2.86. The van der Waals surface area contributed by atoms with Crippen molar-refractivity contribution in [2.24, 2.45) is 0 Å². The number of benzene rings is 2. The van der Waals surface area contributed by atoms with E-state index in [1.807, 2.05) is 23.1 Å². The minimum Gasteiger partial charge on any atom is -0.354 e. The van der Waals surface area contributed by atoms with Gasteiger partial charge in [-0.2, -0.15) is 13.2 Å². The minimum absolute atomic E-state index is 0.602. The van der Waals surface area contributed by atoms with Crippen molar-refractivity contribution in [1.29, 1.82) is 0 Å². The molecule has 1 aliphatic rings. The van der Waals surface area contributed by atoms with Crippen LogP contribution in [0.3, 0.4) is 0 Å². The normalized spacial score (nSPS) is 15.5. The largest absolute Gasteiger partial charge is 0.417 e. The van der Waals surface area contributed by atoms with Crippen LogP contribution in [0.5, 0.6) is 0 Å². The average Bonchev–Trinajstić information content (AvgIpc) is 2.75. The first kappa shape index (κ1) is 19.5. The molecule has 0 N–H and O–H groups in total. The van der Waals surface area contributed by atoms with Crippen LogP contribution in [-0.4, -0.2) is 36.1 Å². The van der Waals surface area contributed by atoms with Gasteiger partial charge in [0.25, 0.3) is 0 Å². The molecule has 0 radical (unpaired) electrons. The standard InChI is InChI=1S/C23H22F3N3/c24-23(25,26)21-10-11-22(27-16-21)29-14-12-28(13-15-29)17-18-6-8-20(9-7-18)19-4-2-1-3-5-19/h1-11,16H,12-15,17H2. The van der Waals surface area contributed by atoms with Crippen LogP contribution in [0.2, 0.25) is 0 Å². The molecule has 150 valence electrons. The lowest BCUT2D eigenvalue weighted by atomic mass is 10.0. The molecule has 0 saturated carbocycles. The molecule has 6 heteroatoms. The molecule has 0 aliphatic carbocycles. The molecule has 0 unspecified atom stereocenters. The zero-order chi connectivity index (χ0) is 20.3. The number of hydrogen-bond donors (Lipinski definition) is 0. The first-order valence-corrected chi connectivity index (χ1v) is 9.64. The van der Waals surface area contributed by atoms with E-state index in [9.17, 15) is 13.2 Å². The van der Waals surface area contributed by atoms with E-state index in [0.717, 1.165) is 45.0 Å². The Morgan fingerprint density at radius 3 is 2.00 bits per heavy atom. The summed E-state index contributed by atoms with van der Waals surface area (Å²) in [4.78, 5) is 8.40. The van der Waals surface area contributed by atoms with Gasteiger partial charge in [-0.15, -0.1) is 0 Å². The van der Waals surface area contributed by atoms with Gasteiger partial charge in [-0.25, -0.2) is 4.98 Å². The minimum atomic E-state index is -4.35. The molecule has 0 atom stereocenters. The highest BCUT2D eigenvalue weighted by Crippen LogP contribution is 2.29. The molecular formula is C23H22F3N3. The van der Waals surface area contributed by atoms with Gasteiger partial charge in [0.15, 0.2) is 0 Å². The summed E-state index contributed by atoms with van der Waals surface area (Å²) < 4.78 is 38.0. The third-order valence-corrected chi connectivity index (χ3v) is 5.24. The molecule has 1 aliphatic heterocycles. The lowest BCUT2D eigenvalue weighted by Crippen LogP contribution is -2.46. The number of halogens is 3. The van der Waals surface area contributed by atoms with Gasteiger partial charge >= 0.3 is 6.18 Å². The average molecular weight is 397 g/mol. The third-order valence-electron chi connectivity index (χ3n) is 5.24. The summed E-state index contributed by atoms with van der Waals surface area (Å²) in [5.41, 5.74) is 2.95. The molecular weight excluding hydrogens is 375 g/mol. The number of alkyl halides is 3. The molecule has 0 amide bonds. The summed E-state index contributed by atoms with van der Waals surface area (Å²) >= 11 is 0. The molecule has 29 heavy (non-hydrogen) atoms. The summed E-state index contributed by atoms with van der Waals surface area (Å²) in [5, 5.41) is 0. The lowest BCUT2D eigenvalue weighted by molar-refractivity contribution is -0.137. The number of pyridine rings is 1. The highest BCUT2D eigenvalue weighted by Gasteiger charge is 2.31. The molecule has 3 nitrogen and oxygen atoms in total. The topological polar surface area (TPSA) is 19.4 Å². The lowest BCUT2D eigenvalue weighted by Gasteiger charge is -2.35. The summed E-state index contributed by atoms with van der Waals surface area (Å²) in [7, 11) is 0. The molecule has 2 heterocycles. The monoisotopic (exact) mass is 397 g/mol. The van der Waals surface area contributed by atoms with Crippen LogP contribution in [-0.2, 0) is 12.7 Å². The predicted octanol–water partition coefficient (Wildman–Crippen LogP) is 5.09. The van der Waals surface area contributed by atoms with Crippen LogP contribution in [0.4, 0.5) is 19.0 Å². The first-order chi connectivity index (χ1) is 14.0. The van der Waals surface area contributed by atoms with Crippen molar-refractivity contribution in [3.63, 3.8) is 0 Å². The van der Waals surface area contributed by atoms with Crippen LogP contribution >= 0.6 is 0 Å². The van der Waals surface area contributed by atoms with Gasteiger partial charge in [0, 0.05) is 38.9 Å². The Morgan fingerprint density at radius 1 is 0.759 bits per heavy atom. The quantitative estimate of drug-likeness (QED) is 0.611. The summed E-state index contributed by atoms with van der Waals surface area (Å²) in [6.45, 7) is 4.07. The molecule has 0 bridgehead atoms. The Morgan fingerprint density at radius 2 is 1.41 bits per heavy atom. The number of hydrogen-bond acceptors (Lipinski definition) is 3. The van der Waals surface area contributed by atoms with Gasteiger partial charge in [-0.1, -0.05) is 54.6 Å². The van der Waals surface area contributed by atoms with Gasteiger partial charge in [-0.3, -0.25) is 4.90 Å². The summed E-state index contributed by atoms with van der Waals surface area (Å²) in [5.74, 6) is 0.602. The van der Waals surface area contributed by atoms with Gasteiger partial charge in [0.2, 0.25) is 0 Å². The van der Waals surface area contributed by atoms with Crippen molar-refractivity contribution in [2.45, 2.75) is 12.7 Å². The van der Waals surface area contributed by atoms with Crippen LogP contribution in [0, 0.1) is 0 Å². The molecule has 2 aromatic carbocycles. The van der Waals surface area contributed by atoms with E-state index in [-0.39, 0.29) is 0 Å². The van der Waals surface area contributed by atoms with Crippen molar-refractivity contribution < 1.29 is 13.2 Å². The Bertz CT molecular complexity index is 914. The van der Waals surface area contributed by atoms with Gasteiger partial charge < -0.3 is 4.90 Å². The summed E-state index contributed by atoms with van der Waals surface area (Å²) in [6, 6.07) is 21.5. The van der Waals surface area contributed by atoms with E-state index in [0.29, 0.717) is 5.82 Å². The van der Waals surface area contributed by atoms with Crippen LogP contribution in [0.1, 0.15) is 11.1 Å². The van der Waals surface area contributed by atoms with Crippen molar-refractivity contribution in [1.82, 2.24) is 9.88 Å². The van der Waals surface area contributed by atoms with E-state index in [1.165, 1.54) is 22.8 Å². The predicted molar refractivity (Wildman–Crippen MR) is 109 cm³/mol. The molecule has 1 fully saturated rings. The van der Waals surface area contributed by atoms with E-state index >= 15 is 0 Å². The van der Waals surface area contributed by atoms with Crippen molar-refractivity contribution in [3.05, 3.63) is 84.1 Å². The van der Waals surface area contributed by atoms with E-state index < -0.39 is 11.7 Å². The third kappa shape index (κ3) is 4.77. The van der Waals surface area contributed by atoms with E-state index in [1.54, 1.807) is 0 Å². The Kier molecular flexibility index (Phi) is 5.53. The molecule has 4 rings (SSSR count). The second kappa shape index (κ2) is 8.25. The van der Waals surface area contributed by atoms with Crippen LogP contribution in [0.25, 0.3) is 11.1 Å². The highest BCUT2D eigenvalue weighted by molar-refractivity contribution is 5.63. The van der Waals surface area contributed by atoms with Crippen LogP contribution < -0.4 is 4.90 Å². The van der Waals surface area contributed by atoms with E-state index in [2.05, 4.69) is 46.3 Å². The number of aromatic nitrogens is 1. The van der Waals surface area contributed by atoms with Gasteiger partial charge in [0.1, 0.15) is 5.82 Å². The zero-order valence-electron chi connectivity index (χ0n) is 15.9. The van der Waals surface area contributed by atoms with Crippen LogP contribution in [0.15, 0.2) is 72.9 Å². The molecule has 0 spiro atoms. The maximum Gasteiger partial charge on any atom is 0.417 e. The molecule has 1 saturated heterocycles. The first-order valence-electron chi connectivity index (χ1n) is 9.64. The highest BCUT2D eigenvalue weighted by atomic mass is 19.4. The number of piperazine rings is 1. The maximum absolute atomic E-state index is 12.7.